The summed E-state index contributed by atoms with van der Waals surface area (Å²) in [7, 11) is 0. The van der Waals surface area contributed by atoms with Gasteiger partial charge in [0.05, 0.1) is 34.3 Å². The second kappa shape index (κ2) is 6.13. The lowest BCUT2D eigenvalue weighted by molar-refractivity contribution is -0.137. The summed E-state index contributed by atoms with van der Waals surface area (Å²) in [5.41, 5.74) is 2.14. The average Bonchev–Trinajstić information content (AvgIpc) is 2.68. The molecule has 0 radical (unpaired) electrons. The minimum Gasteiger partial charge on any atom is -0.309 e. The Labute approximate surface area is 161 Å². The topological polar surface area (TPSA) is 27.0 Å². The van der Waals surface area contributed by atoms with Gasteiger partial charge in [-0.15, -0.1) is 0 Å². The lowest BCUT2D eigenvalue weighted by atomic mass is 9.73. The van der Waals surface area contributed by atoms with Crippen LogP contribution in [0.2, 0.25) is 0 Å². The normalized spacial score (nSPS) is 14.8. The van der Waals surface area contributed by atoms with Gasteiger partial charge in [-0.1, -0.05) is 50.2 Å². The highest BCUT2D eigenvalue weighted by Gasteiger charge is 2.40. The Bertz CT molecular complexity index is 1060. The van der Waals surface area contributed by atoms with Gasteiger partial charge in [0.15, 0.2) is 0 Å². The number of rotatable bonds is 1. The summed E-state index contributed by atoms with van der Waals surface area (Å²) in [6, 6.07) is 20.6. The van der Waals surface area contributed by atoms with E-state index in [2.05, 4.69) is 13.8 Å². The maximum Gasteiger partial charge on any atom is 0.418 e. The number of benzene rings is 3. The number of hydrogen-bond acceptors (Lipinski definition) is 2. The number of anilines is 3. The third-order valence-corrected chi connectivity index (χ3v) is 5.31. The molecule has 0 spiro atoms. The van der Waals surface area contributed by atoms with E-state index in [1.54, 1.807) is 11.0 Å². The van der Waals surface area contributed by atoms with Crippen LogP contribution in [0.3, 0.4) is 0 Å². The highest BCUT2D eigenvalue weighted by Crippen LogP contribution is 2.53. The van der Waals surface area contributed by atoms with Gasteiger partial charge in [-0.3, -0.25) is 0 Å². The third kappa shape index (κ3) is 2.65. The van der Waals surface area contributed by atoms with Crippen molar-refractivity contribution in [3.8, 4) is 6.07 Å². The Hall–Kier alpha value is -3.26. The van der Waals surface area contributed by atoms with Gasteiger partial charge in [0.2, 0.25) is 0 Å². The van der Waals surface area contributed by atoms with Gasteiger partial charge in [-0.25, -0.2) is 0 Å². The second-order valence-corrected chi connectivity index (χ2v) is 7.34. The van der Waals surface area contributed by atoms with Crippen LogP contribution in [0.5, 0.6) is 0 Å². The molecule has 4 rings (SSSR count). The molecule has 0 bridgehead atoms. The second-order valence-electron chi connectivity index (χ2n) is 7.34. The van der Waals surface area contributed by atoms with Crippen LogP contribution in [0.15, 0.2) is 66.7 Å². The molecule has 1 heterocycles. The van der Waals surface area contributed by atoms with Crippen molar-refractivity contribution in [2.45, 2.75) is 25.4 Å². The van der Waals surface area contributed by atoms with Crippen LogP contribution in [-0.4, -0.2) is 0 Å². The van der Waals surface area contributed by atoms with Gasteiger partial charge in [0, 0.05) is 5.41 Å². The number of halogens is 3. The lowest BCUT2D eigenvalue weighted by Gasteiger charge is -2.42. The Kier molecular flexibility index (Phi) is 3.97. The van der Waals surface area contributed by atoms with Gasteiger partial charge in [-0.2, -0.15) is 18.4 Å². The van der Waals surface area contributed by atoms with E-state index in [0.29, 0.717) is 11.4 Å². The molecule has 5 heteroatoms. The van der Waals surface area contributed by atoms with Gasteiger partial charge in [0.25, 0.3) is 0 Å². The van der Waals surface area contributed by atoms with E-state index >= 15 is 0 Å². The Morgan fingerprint density at radius 1 is 0.821 bits per heavy atom. The molecule has 28 heavy (non-hydrogen) atoms. The summed E-state index contributed by atoms with van der Waals surface area (Å²) in [6.45, 7) is 4.15. The Balaban J connectivity index is 2.07. The van der Waals surface area contributed by atoms with Crippen LogP contribution < -0.4 is 4.90 Å². The van der Waals surface area contributed by atoms with E-state index in [1.807, 2.05) is 48.5 Å². The maximum absolute atomic E-state index is 13.9. The van der Waals surface area contributed by atoms with Gasteiger partial charge >= 0.3 is 6.18 Å². The zero-order valence-electron chi connectivity index (χ0n) is 15.4. The minimum absolute atomic E-state index is 0.0156. The molecular weight excluding hydrogens is 361 g/mol. The monoisotopic (exact) mass is 378 g/mol. The Morgan fingerprint density at radius 2 is 1.36 bits per heavy atom. The molecule has 0 aliphatic carbocycles. The first-order valence-electron chi connectivity index (χ1n) is 8.85. The van der Waals surface area contributed by atoms with E-state index in [0.717, 1.165) is 17.2 Å². The average molecular weight is 378 g/mol. The highest BCUT2D eigenvalue weighted by molar-refractivity contribution is 5.87. The van der Waals surface area contributed by atoms with Crippen molar-refractivity contribution in [3.63, 3.8) is 0 Å². The number of fused-ring (bicyclic) bond motifs is 2. The molecule has 0 aromatic heterocycles. The van der Waals surface area contributed by atoms with Crippen LogP contribution in [0, 0.1) is 11.3 Å². The summed E-state index contributed by atoms with van der Waals surface area (Å²) in [5, 5.41) is 9.08. The first-order chi connectivity index (χ1) is 13.2. The fourth-order valence-electron chi connectivity index (χ4n) is 3.96. The van der Waals surface area contributed by atoms with Crippen LogP contribution >= 0.6 is 0 Å². The van der Waals surface area contributed by atoms with Gasteiger partial charge in [0.1, 0.15) is 0 Å². The zero-order valence-corrected chi connectivity index (χ0v) is 15.4. The van der Waals surface area contributed by atoms with Crippen molar-refractivity contribution >= 4 is 17.1 Å². The smallest absolute Gasteiger partial charge is 0.309 e. The fraction of sp³-hybridized carbons (Fsp3) is 0.174. The number of nitriles is 1. The lowest BCUT2D eigenvalue weighted by Crippen LogP contribution is -2.31. The fourth-order valence-corrected chi connectivity index (χ4v) is 3.96. The van der Waals surface area contributed by atoms with Crippen molar-refractivity contribution < 1.29 is 13.2 Å². The van der Waals surface area contributed by atoms with E-state index in [9.17, 15) is 13.2 Å². The highest BCUT2D eigenvalue weighted by atomic mass is 19.4. The van der Waals surface area contributed by atoms with Crippen molar-refractivity contribution in [1.82, 2.24) is 0 Å². The maximum atomic E-state index is 13.9. The summed E-state index contributed by atoms with van der Waals surface area (Å²) in [6.07, 6.45) is -4.58. The molecule has 0 saturated carbocycles. The molecule has 0 unspecified atom stereocenters. The summed E-state index contributed by atoms with van der Waals surface area (Å²) in [5.74, 6) is 0. The molecule has 3 aromatic carbocycles. The Morgan fingerprint density at radius 3 is 1.86 bits per heavy atom. The third-order valence-electron chi connectivity index (χ3n) is 5.31. The summed E-state index contributed by atoms with van der Waals surface area (Å²) in [4.78, 5) is 1.65. The molecule has 0 fully saturated rings. The molecule has 0 amide bonds. The number of alkyl halides is 3. The predicted molar refractivity (Wildman–Crippen MR) is 103 cm³/mol. The summed E-state index contributed by atoms with van der Waals surface area (Å²) < 4.78 is 41.7. The predicted octanol–water partition coefficient (Wildman–Crippen LogP) is 6.69. The number of hydrogen-bond donors (Lipinski definition) is 0. The van der Waals surface area contributed by atoms with Crippen molar-refractivity contribution in [1.29, 1.82) is 5.26 Å². The van der Waals surface area contributed by atoms with Crippen molar-refractivity contribution in [2.75, 3.05) is 4.90 Å². The summed E-state index contributed by atoms with van der Waals surface area (Å²) >= 11 is 0. The molecule has 0 atom stereocenters. The molecule has 1 aliphatic rings. The molecular formula is C23H17F3N2. The van der Waals surface area contributed by atoms with Gasteiger partial charge in [-0.05, 0) is 41.5 Å². The first-order valence-corrected chi connectivity index (χ1v) is 8.85. The van der Waals surface area contributed by atoms with Crippen LogP contribution in [0.1, 0.15) is 36.1 Å². The van der Waals surface area contributed by atoms with Gasteiger partial charge < -0.3 is 4.90 Å². The largest absolute Gasteiger partial charge is 0.418 e. The van der Waals surface area contributed by atoms with E-state index in [-0.39, 0.29) is 16.7 Å². The van der Waals surface area contributed by atoms with E-state index in [1.165, 1.54) is 12.1 Å². The molecule has 0 N–H and O–H groups in total. The SMILES string of the molecule is CC1(C)c2ccccc2N(c2ccc(C#N)cc2C(F)(F)F)c2ccccc21. The quantitative estimate of drug-likeness (QED) is 0.472. The molecule has 2 nitrogen and oxygen atoms in total. The van der Waals surface area contributed by atoms with Crippen LogP contribution in [0.25, 0.3) is 0 Å². The van der Waals surface area contributed by atoms with E-state index < -0.39 is 11.7 Å². The van der Waals surface area contributed by atoms with Crippen LogP contribution in [-0.2, 0) is 11.6 Å². The number of para-hydroxylation sites is 2. The van der Waals surface area contributed by atoms with Crippen molar-refractivity contribution in [3.05, 3.63) is 89.0 Å². The van der Waals surface area contributed by atoms with E-state index in [4.69, 9.17) is 5.26 Å². The standard InChI is InChI=1S/C23H17F3N2/c1-22(2)16-7-3-5-9-19(16)28(20-10-6-4-8-17(20)22)21-12-11-15(14-27)13-18(21)23(24,25)26/h3-13H,1-2H3. The van der Waals surface area contributed by atoms with Crippen molar-refractivity contribution in [2.24, 2.45) is 0 Å². The number of nitrogens with zero attached hydrogens (tertiary/aromatic N) is 2. The first kappa shape index (κ1) is 18.1. The zero-order chi connectivity index (χ0) is 20.1. The molecule has 0 saturated heterocycles. The molecule has 1 aliphatic heterocycles. The molecule has 3 aromatic rings. The minimum atomic E-state index is -4.58. The van der Waals surface area contributed by atoms with Crippen LogP contribution in [0.4, 0.5) is 30.2 Å². The molecule has 140 valence electrons.